The van der Waals surface area contributed by atoms with Crippen molar-refractivity contribution >= 4 is 5.82 Å². The lowest BCUT2D eigenvalue weighted by Crippen LogP contribution is -2.06. The molecule has 1 atom stereocenters. The van der Waals surface area contributed by atoms with Gasteiger partial charge in [0.1, 0.15) is 11.6 Å². The summed E-state index contributed by atoms with van der Waals surface area (Å²) in [5.74, 6) is 0.307. The van der Waals surface area contributed by atoms with Gasteiger partial charge in [0, 0.05) is 11.8 Å². The molecule has 1 unspecified atom stereocenters. The molecule has 2 heterocycles. The molecule has 0 saturated carbocycles. The number of hydrogen-bond donors (Lipinski definition) is 2. The SMILES string of the molecule is CC(Nc1ccc(F)cn1)c1cn[nH]c1. The van der Waals surface area contributed by atoms with Gasteiger partial charge >= 0.3 is 0 Å². The summed E-state index contributed by atoms with van der Waals surface area (Å²) in [7, 11) is 0. The lowest BCUT2D eigenvalue weighted by Gasteiger charge is -2.11. The molecule has 78 valence electrons. The van der Waals surface area contributed by atoms with Crippen LogP contribution < -0.4 is 5.32 Å². The minimum atomic E-state index is -0.337. The molecule has 0 aliphatic heterocycles. The van der Waals surface area contributed by atoms with Crippen molar-refractivity contribution in [3.8, 4) is 0 Å². The van der Waals surface area contributed by atoms with Gasteiger partial charge in [0.2, 0.25) is 0 Å². The third-order valence-corrected chi connectivity index (χ3v) is 2.11. The Bertz CT molecular complexity index is 409. The Kier molecular flexibility index (Phi) is 2.62. The summed E-state index contributed by atoms with van der Waals surface area (Å²) in [6, 6.07) is 3.06. The molecule has 2 aromatic heterocycles. The van der Waals surface area contributed by atoms with Crippen molar-refractivity contribution in [1.82, 2.24) is 15.2 Å². The maximum absolute atomic E-state index is 12.6. The molecule has 2 aromatic rings. The molecule has 0 aliphatic rings. The van der Waals surface area contributed by atoms with Crippen LogP contribution in [0.3, 0.4) is 0 Å². The highest BCUT2D eigenvalue weighted by Crippen LogP contribution is 2.15. The molecular formula is C10H11FN4. The Labute approximate surface area is 86.6 Å². The van der Waals surface area contributed by atoms with E-state index in [1.165, 1.54) is 12.3 Å². The van der Waals surface area contributed by atoms with Crippen LogP contribution in [0.25, 0.3) is 0 Å². The largest absolute Gasteiger partial charge is 0.363 e. The van der Waals surface area contributed by atoms with Crippen molar-refractivity contribution in [2.45, 2.75) is 13.0 Å². The summed E-state index contributed by atoms with van der Waals surface area (Å²) in [4.78, 5) is 3.91. The first-order chi connectivity index (χ1) is 7.25. The molecule has 2 rings (SSSR count). The van der Waals surface area contributed by atoms with Gasteiger partial charge in [-0.3, -0.25) is 5.10 Å². The third kappa shape index (κ3) is 2.31. The van der Waals surface area contributed by atoms with Crippen LogP contribution in [0.5, 0.6) is 0 Å². The molecule has 0 saturated heterocycles. The van der Waals surface area contributed by atoms with Crippen molar-refractivity contribution in [3.63, 3.8) is 0 Å². The van der Waals surface area contributed by atoms with Crippen molar-refractivity contribution in [2.24, 2.45) is 0 Å². The lowest BCUT2D eigenvalue weighted by molar-refractivity contribution is 0.621. The number of H-pyrrole nitrogens is 1. The average Bonchev–Trinajstić information content (AvgIpc) is 2.74. The number of pyridine rings is 1. The van der Waals surface area contributed by atoms with E-state index in [9.17, 15) is 4.39 Å². The predicted molar refractivity (Wildman–Crippen MR) is 54.8 cm³/mol. The number of aromatic amines is 1. The molecule has 0 bridgehead atoms. The molecule has 0 aromatic carbocycles. The number of rotatable bonds is 3. The molecule has 0 spiro atoms. The quantitative estimate of drug-likeness (QED) is 0.808. The third-order valence-electron chi connectivity index (χ3n) is 2.11. The van der Waals surface area contributed by atoms with Crippen LogP contribution in [-0.4, -0.2) is 15.2 Å². The fourth-order valence-electron chi connectivity index (χ4n) is 1.26. The molecule has 5 heteroatoms. The van der Waals surface area contributed by atoms with Crippen molar-refractivity contribution in [1.29, 1.82) is 0 Å². The van der Waals surface area contributed by atoms with Crippen molar-refractivity contribution in [3.05, 3.63) is 42.1 Å². The molecule has 0 amide bonds. The summed E-state index contributed by atoms with van der Waals surface area (Å²) in [6.07, 6.45) is 4.73. The molecule has 4 nitrogen and oxygen atoms in total. The van der Waals surface area contributed by atoms with E-state index in [-0.39, 0.29) is 11.9 Å². The Morgan fingerprint density at radius 2 is 2.27 bits per heavy atom. The Balaban J connectivity index is 2.06. The van der Waals surface area contributed by atoms with E-state index in [4.69, 9.17) is 0 Å². The highest BCUT2D eigenvalue weighted by molar-refractivity contribution is 5.36. The van der Waals surface area contributed by atoms with Gasteiger partial charge in [-0.15, -0.1) is 0 Å². The van der Waals surface area contributed by atoms with E-state index in [0.717, 1.165) is 5.56 Å². The summed E-state index contributed by atoms with van der Waals surface area (Å²) in [5.41, 5.74) is 1.03. The first-order valence-corrected chi connectivity index (χ1v) is 4.62. The zero-order chi connectivity index (χ0) is 10.7. The van der Waals surface area contributed by atoms with Crippen LogP contribution in [0.2, 0.25) is 0 Å². The van der Waals surface area contributed by atoms with Crippen LogP contribution in [0.1, 0.15) is 18.5 Å². The van der Waals surface area contributed by atoms with Crippen molar-refractivity contribution < 1.29 is 4.39 Å². The molecule has 15 heavy (non-hydrogen) atoms. The second-order valence-electron chi connectivity index (χ2n) is 3.26. The maximum Gasteiger partial charge on any atom is 0.141 e. The van der Waals surface area contributed by atoms with Gasteiger partial charge in [0.25, 0.3) is 0 Å². The first kappa shape index (κ1) is 9.64. The van der Waals surface area contributed by atoms with Gasteiger partial charge in [0.05, 0.1) is 18.4 Å². The Morgan fingerprint density at radius 1 is 1.40 bits per heavy atom. The Morgan fingerprint density at radius 3 is 2.87 bits per heavy atom. The summed E-state index contributed by atoms with van der Waals surface area (Å²) < 4.78 is 12.6. The number of halogens is 1. The average molecular weight is 206 g/mol. The predicted octanol–water partition coefficient (Wildman–Crippen LogP) is 2.12. The van der Waals surface area contributed by atoms with Gasteiger partial charge in [-0.05, 0) is 19.1 Å². The van der Waals surface area contributed by atoms with E-state index in [0.29, 0.717) is 5.82 Å². The number of nitrogens with zero attached hydrogens (tertiary/aromatic N) is 2. The molecular weight excluding hydrogens is 195 g/mol. The number of hydrogen-bond acceptors (Lipinski definition) is 3. The van der Waals surface area contributed by atoms with Crippen LogP contribution in [0.4, 0.5) is 10.2 Å². The minimum absolute atomic E-state index is 0.0849. The van der Waals surface area contributed by atoms with E-state index in [1.807, 2.05) is 6.92 Å². The minimum Gasteiger partial charge on any atom is -0.363 e. The Hall–Kier alpha value is -1.91. The van der Waals surface area contributed by atoms with E-state index >= 15 is 0 Å². The molecule has 0 fully saturated rings. The zero-order valence-corrected chi connectivity index (χ0v) is 8.24. The highest BCUT2D eigenvalue weighted by Gasteiger charge is 2.06. The van der Waals surface area contributed by atoms with E-state index in [2.05, 4.69) is 20.5 Å². The van der Waals surface area contributed by atoms with Crippen LogP contribution in [0.15, 0.2) is 30.7 Å². The number of anilines is 1. The smallest absolute Gasteiger partial charge is 0.141 e. The monoisotopic (exact) mass is 206 g/mol. The fourth-order valence-corrected chi connectivity index (χ4v) is 1.26. The first-order valence-electron chi connectivity index (χ1n) is 4.62. The maximum atomic E-state index is 12.6. The van der Waals surface area contributed by atoms with Crippen LogP contribution in [0, 0.1) is 5.82 Å². The highest BCUT2D eigenvalue weighted by atomic mass is 19.1. The van der Waals surface area contributed by atoms with Gasteiger partial charge in [-0.2, -0.15) is 5.10 Å². The van der Waals surface area contributed by atoms with E-state index in [1.54, 1.807) is 18.5 Å². The molecule has 0 radical (unpaired) electrons. The topological polar surface area (TPSA) is 53.6 Å². The summed E-state index contributed by atoms with van der Waals surface area (Å²) in [6.45, 7) is 1.98. The standard InChI is InChI=1S/C10H11FN4/c1-7(8-4-13-14-5-8)15-10-3-2-9(11)6-12-10/h2-7H,1H3,(H,12,15)(H,13,14). The fraction of sp³-hybridized carbons (Fsp3) is 0.200. The van der Waals surface area contributed by atoms with Gasteiger partial charge in [0.15, 0.2) is 0 Å². The van der Waals surface area contributed by atoms with Gasteiger partial charge < -0.3 is 5.32 Å². The lowest BCUT2D eigenvalue weighted by atomic mass is 10.2. The van der Waals surface area contributed by atoms with Gasteiger partial charge in [-0.25, -0.2) is 9.37 Å². The second-order valence-corrected chi connectivity index (χ2v) is 3.26. The van der Waals surface area contributed by atoms with Crippen molar-refractivity contribution in [2.75, 3.05) is 5.32 Å². The summed E-state index contributed by atoms with van der Waals surface area (Å²) in [5, 5.41) is 9.72. The van der Waals surface area contributed by atoms with Gasteiger partial charge in [-0.1, -0.05) is 0 Å². The van der Waals surface area contributed by atoms with E-state index < -0.39 is 0 Å². The summed E-state index contributed by atoms with van der Waals surface area (Å²) >= 11 is 0. The molecule has 2 N–H and O–H groups in total. The van der Waals surface area contributed by atoms with Crippen LogP contribution >= 0.6 is 0 Å². The van der Waals surface area contributed by atoms with Crippen LogP contribution in [-0.2, 0) is 0 Å². The number of aromatic nitrogens is 3. The number of nitrogens with one attached hydrogen (secondary N) is 2. The molecule has 0 aliphatic carbocycles. The normalized spacial score (nSPS) is 12.4. The zero-order valence-electron chi connectivity index (χ0n) is 8.24. The second kappa shape index (κ2) is 4.08.